The summed E-state index contributed by atoms with van der Waals surface area (Å²) in [6.07, 6.45) is 0. The molecule has 0 aromatic heterocycles. The highest BCUT2D eigenvalue weighted by atomic mass is 19.1. The molecule has 2 aromatic rings. The van der Waals surface area contributed by atoms with Gasteiger partial charge < -0.3 is 15.0 Å². The molecule has 4 nitrogen and oxygen atoms in total. The van der Waals surface area contributed by atoms with Crippen LogP contribution in [0.5, 0.6) is 5.75 Å². The van der Waals surface area contributed by atoms with E-state index in [4.69, 9.17) is 4.74 Å². The minimum Gasteiger partial charge on any atom is -0.496 e. The van der Waals surface area contributed by atoms with Crippen LogP contribution in [0.25, 0.3) is 11.1 Å². The third-order valence-electron chi connectivity index (χ3n) is 5.32. The minimum absolute atomic E-state index is 0.0516. The van der Waals surface area contributed by atoms with Crippen molar-refractivity contribution in [3.63, 3.8) is 0 Å². The Morgan fingerprint density at radius 3 is 2.80 bits per heavy atom. The van der Waals surface area contributed by atoms with Crippen LogP contribution in [0.1, 0.15) is 21.8 Å². The summed E-state index contributed by atoms with van der Waals surface area (Å²) in [6.45, 7) is 2.64. The molecule has 0 saturated carbocycles. The Morgan fingerprint density at radius 1 is 1.16 bits per heavy atom. The molecule has 130 valence electrons. The molecule has 2 aromatic carbocycles. The molecule has 0 unspecified atom stereocenters. The number of amides is 1. The van der Waals surface area contributed by atoms with Crippen LogP contribution in [0.4, 0.5) is 4.39 Å². The molecule has 0 spiro atoms. The summed E-state index contributed by atoms with van der Waals surface area (Å²) < 4.78 is 19.1. The van der Waals surface area contributed by atoms with Crippen molar-refractivity contribution in [2.75, 3.05) is 33.8 Å². The van der Waals surface area contributed by atoms with Crippen molar-refractivity contribution in [2.45, 2.75) is 5.92 Å². The summed E-state index contributed by atoms with van der Waals surface area (Å²) in [5.41, 5.74) is 3.22. The third-order valence-corrected chi connectivity index (χ3v) is 5.32. The Morgan fingerprint density at radius 2 is 2.00 bits per heavy atom. The Labute approximate surface area is 146 Å². The van der Waals surface area contributed by atoms with Gasteiger partial charge in [-0.1, -0.05) is 12.1 Å². The first-order chi connectivity index (χ1) is 12.1. The number of hydrogen-bond acceptors (Lipinski definition) is 3. The van der Waals surface area contributed by atoms with Crippen molar-refractivity contribution >= 4 is 5.91 Å². The van der Waals surface area contributed by atoms with Gasteiger partial charge in [-0.15, -0.1) is 0 Å². The van der Waals surface area contributed by atoms with Gasteiger partial charge in [0, 0.05) is 36.7 Å². The molecule has 1 amide bonds. The summed E-state index contributed by atoms with van der Waals surface area (Å²) in [6, 6.07) is 10.3. The number of likely N-dealkylation sites (tertiary alicyclic amines) is 1. The first kappa shape index (κ1) is 16.1. The number of likely N-dealkylation sites (N-methyl/N-ethyl adjacent to an activating group) is 1. The molecule has 4 rings (SSSR count). The molecular formula is C20H21FN2O2. The molecule has 1 N–H and O–H groups in total. The largest absolute Gasteiger partial charge is 0.496 e. The fourth-order valence-corrected chi connectivity index (χ4v) is 4.11. The lowest BCUT2D eigenvalue weighted by Gasteiger charge is -2.17. The minimum atomic E-state index is -0.326. The maximum atomic E-state index is 13.7. The van der Waals surface area contributed by atoms with Crippen molar-refractivity contribution < 1.29 is 13.9 Å². The van der Waals surface area contributed by atoms with Gasteiger partial charge in [-0.25, -0.2) is 4.39 Å². The standard InChI is InChI=1S/C20H21FN2O2/c1-23-10-13-9-22-20(24)17-7-12(3-5-15(17)18(13)11-23)16-8-14(21)4-6-19(16)25-2/h3-8,13,18H,9-11H2,1-2H3,(H,22,24)/t13-,18-/m0/s1. The highest BCUT2D eigenvalue weighted by Crippen LogP contribution is 2.38. The van der Waals surface area contributed by atoms with E-state index in [9.17, 15) is 9.18 Å². The average molecular weight is 340 g/mol. The Kier molecular flexibility index (Phi) is 3.96. The number of rotatable bonds is 2. The molecule has 2 aliphatic heterocycles. The van der Waals surface area contributed by atoms with E-state index >= 15 is 0 Å². The van der Waals surface area contributed by atoms with E-state index in [1.807, 2.05) is 18.2 Å². The zero-order valence-corrected chi connectivity index (χ0v) is 14.4. The number of nitrogens with zero attached hydrogens (tertiary/aromatic N) is 1. The average Bonchev–Trinajstić information content (AvgIpc) is 2.94. The first-order valence-corrected chi connectivity index (χ1v) is 8.51. The molecule has 1 saturated heterocycles. The van der Waals surface area contributed by atoms with Crippen molar-refractivity contribution in [3.8, 4) is 16.9 Å². The lowest BCUT2D eigenvalue weighted by molar-refractivity contribution is 0.0951. The second kappa shape index (κ2) is 6.15. The van der Waals surface area contributed by atoms with Crippen LogP contribution in [0, 0.1) is 11.7 Å². The van der Waals surface area contributed by atoms with Crippen molar-refractivity contribution in [2.24, 2.45) is 5.92 Å². The van der Waals surface area contributed by atoms with Gasteiger partial charge in [-0.05, 0) is 48.4 Å². The summed E-state index contributed by atoms with van der Waals surface area (Å²) in [5, 5.41) is 3.04. The van der Waals surface area contributed by atoms with Crippen molar-refractivity contribution in [1.29, 1.82) is 0 Å². The van der Waals surface area contributed by atoms with Crippen LogP contribution in [-0.2, 0) is 0 Å². The maximum Gasteiger partial charge on any atom is 0.251 e. The predicted molar refractivity (Wildman–Crippen MR) is 94.4 cm³/mol. The molecule has 2 heterocycles. The van der Waals surface area contributed by atoms with Gasteiger partial charge in [0.1, 0.15) is 11.6 Å². The zero-order valence-electron chi connectivity index (χ0n) is 14.4. The topological polar surface area (TPSA) is 41.6 Å². The van der Waals surface area contributed by atoms with Gasteiger partial charge >= 0.3 is 0 Å². The van der Waals surface area contributed by atoms with Crippen molar-refractivity contribution in [1.82, 2.24) is 10.2 Å². The zero-order chi connectivity index (χ0) is 17.6. The summed E-state index contributed by atoms with van der Waals surface area (Å²) in [4.78, 5) is 14.9. The third kappa shape index (κ3) is 2.78. The second-order valence-corrected chi connectivity index (χ2v) is 6.94. The van der Waals surface area contributed by atoms with E-state index in [-0.39, 0.29) is 11.7 Å². The predicted octanol–water partition coefficient (Wildman–Crippen LogP) is 2.89. The number of halogens is 1. The van der Waals surface area contributed by atoms with E-state index < -0.39 is 0 Å². The van der Waals surface area contributed by atoms with Crippen LogP contribution in [-0.4, -0.2) is 44.6 Å². The van der Waals surface area contributed by atoms with Gasteiger partial charge in [-0.3, -0.25) is 4.79 Å². The maximum absolute atomic E-state index is 13.7. The number of hydrogen-bond donors (Lipinski definition) is 1. The first-order valence-electron chi connectivity index (χ1n) is 8.51. The molecule has 0 bridgehead atoms. The summed E-state index contributed by atoms with van der Waals surface area (Å²) in [5.74, 6) is 0.998. The molecule has 2 atom stereocenters. The van der Waals surface area contributed by atoms with Crippen molar-refractivity contribution in [3.05, 3.63) is 53.3 Å². The Bertz CT molecular complexity index is 836. The number of carbonyl (C=O) groups is 1. The Hall–Kier alpha value is -2.40. The second-order valence-electron chi connectivity index (χ2n) is 6.94. The van der Waals surface area contributed by atoms with E-state index in [2.05, 4.69) is 17.3 Å². The van der Waals surface area contributed by atoms with Gasteiger partial charge in [-0.2, -0.15) is 0 Å². The van der Waals surface area contributed by atoms with Crippen LogP contribution in [0.2, 0.25) is 0 Å². The van der Waals surface area contributed by atoms with Crippen LogP contribution >= 0.6 is 0 Å². The van der Waals surface area contributed by atoms with Gasteiger partial charge in [0.05, 0.1) is 7.11 Å². The SMILES string of the molecule is COc1ccc(F)cc1-c1ccc2c(c1)C(=O)NC[C@H]1CN(C)C[C@H]21. The summed E-state index contributed by atoms with van der Waals surface area (Å²) >= 11 is 0. The van der Waals surface area contributed by atoms with Gasteiger partial charge in [0.15, 0.2) is 0 Å². The lowest BCUT2D eigenvalue weighted by atomic mass is 9.86. The van der Waals surface area contributed by atoms with Crippen LogP contribution in [0.3, 0.4) is 0 Å². The fraction of sp³-hybridized carbons (Fsp3) is 0.350. The molecule has 25 heavy (non-hydrogen) atoms. The lowest BCUT2D eigenvalue weighted by Crippen LogP contribution is -2.29. The number of benzene rings is 2. The smallest absolute Gasteiger partial charge is 0.251 e. The molecule has 0 aliphatic carbocycles. The number of carbonyl (C=O) groups excluding carboxylic acids is 1. The number of methoxy groups -OCH3 is 1. The molecule has 0 radical (unpaired) electrons. The highest BCUT2D eigenvalue weighted by molar-refractivity contribution is 5.98. The number of ether oxygens (including phenoxy) is 1. The molecule has 2 aliphatic rings. The molecular weight excluding hydrogens is 319 g/mol. The van der Waals surface area contributed by atoms with Gasteiger partial charge in [0.25, 0.3) is 5.91 Å². The van der Waals surface area contributed by atoms with E-state index in [1.165, 1.54) is 12.1 Å². The number of fused-ring (bicyclic) bond motifs is 3. The molecule has 1 fully saturated rings. The van der Waals surface area contributed by atoms with Crippen LogP contribution in [0.15, 0.2) is 36.4 Å². The van der Waals surface area contributed by atoms with E-state index in [1.54, 1.807) is 13.2 Å². The fourth-order valence-electron chi connectivity index (χ4n) is 4.11. The monoisotopic (exact) mass is 340 g/mol. The van der Waals surface area contributed by atoms with E-state index in [0.717, 1.165) is 24.2 Å². The number of nitrogens with one attached hydrogen (secondary N) is 1. The Balaban J connectivity index is 1.82. The van der Waals surface area contributed by atoms with Gasteiger partial charge in [0.2, 0.25) is 0 Å². The van der Waals surface area contributed by atoms with E-state index in [0.29, 0.717) is 35.3 Å². The summed E-state index contributed by atoms with van der Waals surface area (Å²) in [7, 11) is 3.67. The quantitative estimate of drug-likeness (QED) is 0.914. The highest BCUT2D eigenvalue weighted by Gasteiger charge is 2.36. The molecule has 5 heteroatoms. The normalized spacial score (nSPS) is 22.8. The van der Waals surface area contributed by atoms with Crippen LogP contribution < -0.4 is 10.1 Å².